The van der Waals surface area contributed by atoms with E-state index in [4.69, 9.17) is 11.6 Å². The Morgan fingerprint density at radius 2 is 1.51 bits per heavy atom. The van der Waals surface area contributed by atoms with E-state index < -0.39 is 47.4 Å². The molecule has 14 heteroatoms. The Labute approximate surface area is 233 Å². The lowest BCUT2D eigenvalue weighted by Gasteiger charge is -2.14. The summed E-state index contributed by atoms with van der Waals surface area (Å²) in [6.45, 7) is -1.13. The molecule has 4 aromatic rings. The van der Waals surface area contributed by atoms with Crippen molar-refractivity contribution in [1.82, 2.24) is 19.7 Å². The minimum absolute atomic E-state index is 0.0183. The summed E-state index contributed by atoms with van der Waals surface area (Å²) in [6, 6.07) is 13.2. The van der Waals surface area contributed by atoms with Gasteiger partial charge in [-0.15, -0.1) is 5.10 Å². The van der Waals surface area contributed by atoms with Crippen LogP contribution in [0.25, 0.3) is 11.4 Å². The maximum absolute atomic E-state index is 14.3. The molecule has 1 N–H and O–H groups in total. The fraction of sp³-hybridized carbons (Fsp3) is 0.222. The highest BCUT2D eigenvalue weighted by Crippen LogP contribution is 2.36. The van der Waals surface area contributed by atoms with Crippen molar-refractivity contribution in [3.05, 3.63) is 110 Å². The van der Waals surface area contributed by atoms with Gasteiger partial charge in [0, 0.05) is 22.7 Å². The quantitative estimate of drug-likeness (QED) is 0.254. The van der Waals surface area contributed by atoms with E-state index in [0.717, 1.165) is 9.25 Å². The summed E-state index contributed by atoms with van der Waals surface area (Å²) in [4.78, 5) is 25.7. The monoisotopic (exact) mass is 600 g/mol. The lowest BCUT2D eigenvalue weighted by atomic mass is 10.0. The molecule has 1 aromatic heterocycles. The molecule has 3 aromatic carbocycles. The molecular weight excluding hydrogens is 581 g/mol. The van der Waals surface area contributed by atoms with Crippen molar-refractivity contribution in [2.75, 3.05) is 6.54 Å². The Kier molecular flexibility index (Phi) is 8.57. The van der Waals surface area contributed by atoms with Crippen molar-refractivity contribution in [3.63, 3.8) is 0 Å². The van der Waals surface area contributed by atoms with E-state index in [1.165, 1.54) is 18.2 Å². The van der Waals surface area contributed by atoms with E-state index in [-0.39, 0.29) is 42.5 Å². The number of rotatable bonds is 8. The van der Waals surface area contributed by atoms with Gasteiger partial charge in [-0.2, -0.15) is 26.3 Å². The second-order valence-corrected chi connectivity index (χ2v) is 9.40. The molecule has 0 saturated carbocycles. The number of amides is 1. The SMILES string of the molecule is O=C(Cn1nc(-c2ccc(Cl)cc2)n(Cc2ccccc2F)c1=O)NCCc1cc(C(F)(F)F)cc(C(F)(F)F)c1. The van der Waals surface area contributed by atoms with Crippen LogP contribution in [0, 0.1) is 5.82 Å². The smallest absolute Gasteiger partial charge is 0.354 e. The zero-order valence-electron chi connectivity index (χ0n) is 20.9. The summed E-state index contributed by atoms with van der Waals surface area (Å²) in [5.74, 6) is -1.21. The third-order valence-corrected chi connectivity index (χ3v) is 6.24. The summed E-state index contributed by atoms with van der Waals surface area (Å²) in [7, 11) is 0. The molecule has 0 bridgehead atoms. The number of hydrogen-bond acceptors (Lipinski definition) is 3. The molecular formula is C27H20ClF7N4O2. The summed E-state index contributed by atoms with van der Waals surface area (Å²) < 4.78 is 94.9. The van der Waals surface area contributed by atoms with Crippen LogP contribution in [-0.2, 0) is 36.7 Å². The molecule has 0 radical (unpaired) electrons. The second kappa shape index (κ2) is 11.8. The van der Waals surface area contributed by atoms with Crippen molar-refractivity contribution in [2.45, 2.75) is 31.9 Å². The van der Waals surface area contributed by atoms with Gasteiger partial charge in [-0.3, -0.25) is 9.36 Å². The molecule has 0 aliphatic carbocycles. The highest BCUT2D eigenvalue weighted by molar-refractivity contribution is 6.30. The first-order valence-corrected chi connectivity index (χ1v) is 12.3. The molecule has 0 unspecified atom stereocenters. The van der Waals surface area contributed by atoms with Crippen LogP contribution in [0.5, 0.6) is 0 Å². The van der Waals surface area contributed by atoms with Gasteiger partial charge in [0.25, 0.3) is 0 Å². The fourth-order valence-corrected chi connectivity index (χ4v) is 4.12. The third kappa shape index (κ3) is 7.34. The summed E-state index contributed by atoms with van der Waals surface area (Å²) in [6.07, 6.45) is -10.3. The highest BCUT2D eigenvalue weighted by Gasteiger charge is 2.36. The number of hydrogen-bond donors (Lipinski definition) is 1. The van der Waals surface area contributed by atoms with Crippen LogP contribution in [0.3, 0.4) is 0 Å². The minimum Gasteiger partial charge on any atom is -0.354 e. The first kappa shape index (κ1) is 29.8. The maximum Gasteiger partial charge on any atom is 0.416 e. The van der Waals surface area contributed by atoms with Crippen LogP contribution in [0.4, 0.5) is 30.7 Å². The van der Waals surface area contributed by atoms with Crippen molar-refractivity contribution in [1.29, 1.82) is 0 Å². The molecule has 216 valence electrons. The zero-order chi connectivity index (χ0) is 29.9. The van der Waals surface area contributed by atoms with Crippen molar-refractivity contribution in [3.8, 4) is 11.4 Å². The average molecular weight is 601 g/mol. The first-order valence-electron chi connectivity index (χ1n) is 11.9. The van der Waals surface area contributed by atoms with Gasteiger partial charge in [-0.05, 0) is 60.5 Å². The number of carbonyl (C=O) groups excluding carboxylic acids is 1. The molecule has 0 aliphatic rings. The van der Waals surface area contributed by atoms with E-state index in [9.17, 15) is 40.3 Å². The van der Waals surface area contributed by atoms with Gasteiger partial charge < -0.3 is 5.32 Å². The van der Waals surface area contributed by atoms with Gasteiger partial charge >= 0.3 is 18.0 Å². The van der Waals surface area contributed by atoms with Gasteiger partial charge in [-0.25, -0.2) is 13.9 Å². The number of nitrogens with zero attached hydrogens (tertiary/aromatic N) is 3. The average Bonchev–Trinajstić information content (AvgIpc) is 3.19. The predicted octanol–water partition coefficient (Wildman–Crippen LogP) is 5.95. The molecule has 1 heterocycles. The molecule has 0 fully saturated rings. The fourth-order valence-electron chi connectivity index (χ4n) is 4.00. The lowest BCUT2D eigenvalue weighted by Crippen LogP contribution is -2.34. The molecule has 6 nitrogen and oxygen atoms in total. The van der Waals surface area contributed by atoms with E-state index >= 15 is 0 Å². The summed E-state index contributed by atoms with van der Waals surface area (Å²) in [5, 5.41) is 7.00. The zero-order valence-corrected chi connectivity index (χ0v) is 21.6. The number of nitrogens with one attached hydrogen (secondary N) is 1. The number of halogens is 8. The van der Waals surface area contributed by atoms with E-state index in [1.54, 1.807) is 30.3 Å². The van der Waals surface area contributed by atoms with Crippen LogP contribution >= 0.6 is 11.6 Å². The third-order valence-electron chi connectivity index (χ3n) is 5.99. The number of aromatic nitrogens is 3. The molecule has 0 aliphatic heterocycles. The van der Waals surface area contributed by atoms with E-state index in [2.05, 4.69) is 10.4 Å². The largest absolute Gasteiger partial charge is 0.416 e. The number of benzene rings is 3. The van der Waals surface area contributed by atoms with E-state index in [0.29, 0.717) is 22.7 Å². The van der Waals surface area contributed by atoms with Crippen molar-refractivity contribution < 1.29 is 35.5 Å². The maximum atomic E-state index is 14.3. The number of carbonyl (C=O) groups is 1. The summed E-state index contributed by atoms with van der Waals surface area (Å²) in [5.41, 5.74) is -3.32. The van der Waals surface area contributed by atoms with Crippen LogP contribution < -0.4 is 11.0 Å². The van der Waals surface area contributed by atoms with Crippen molar-refractivity contribution >= 4 is 17.5 Å². The normalized spacial score (nSPS) is 12.0. The molecule has 0 atom stereocenters. The van der Waals surface area contributed by atoms with Crippen LogP contribution in [0.1, 0.15) is 22.3 Å². The Morgan fingerprint density at radius 3 is 2.10 bits per heavy atom. The summed E-state index contributed by atoms with van der Waals surface area (Å²) >= 11 is 5.94. The van der Waals surface area contributed by atoms with Crippen LogP contribution in [0.2, 0.25) is 5.02 Å². The van der Waals surface area contributed by atoms with Crippen molar-refractivity contribution in [2.24, 2.45) is 0 Å². The lowest BCUT2D eigenvalue weighted by molar-refractivity contribution is -0.143. The second-order valence-electron chi connectivity index (χ2n) is 8.96. The van der Waals surface area contributed by atoms with Gasteiger partial charge in [-0.1, -0.05) is 29.8 Å². The molecule has 1 amide bonds. The Balaban J connectivity index is 1.53. The van der Waals surface area contributed by atoms with Gasteiger partial charge in [0.15, 0.2) is 5.82 Å². The highest BCUT2D eigenvalue weighted by atomic mass is 35.5. The Bertz CT molecular complexity index is 1580. The van der Waals surface area contributed by atoms with Gasteiger partial charge in [0.2, 0.25) is 5.91 Å². The minimum atomic E-state index is -5.00. The molecule has 0 spiro atoms. The molecule has 41 heavy (non-hydrogen) atoms. The predicted molar refractivity (Wildman–Crippen MR) is 136 cm³/mol. The Hall–Kier alpha value is -4.13. The van der Waals surface area contributed by atoms with Gasteiger partial charge in [0.1, 0.15) is 12.4 Å². The van der Waals surface area contributed by atoms with Crippen LogP contribution in [-0.4, -0.2) is 26.8 Å². The van der Waals surface area contributed by atoms with Gasteiger partial charge in [0.05, 0.1) is 17.7 Å². The first-order chi connectivity index (χ1) is 19.2. The molecule has 0 saturated heterocycles. The van der Waals surface area contributed by atoms with E-state index in [1.807, 2.05) is 0 Å². The molecule has 4 rings (SSSR count). The number of alkyl halides is 6. The van der Waals surface area contributed by atoms with Crippen LogP contribution in [0.15, 0.2) is 71.5 Å². The standard InChI is InChI=1S/C27H20ClF7N4O2/c28-21-7-5-17(6-8-21)24-37-39(25(41)38(24)14-18-3-1-2-4-22(18)29)15-23(40)36-10-9-16-11-19(26(30,31)32)13-20(12-16)27(33,34)35/h1-8,11-13H,9-10,14-15H2,(H,36,40). The Morgan fingerprint density at radius 1 is 0.902 bits per heavy atom. The topological polar surface area (TPSA) is 68.9 Å².